The van der Waals surface area contributed by atoms with Crippen molar-refractivity contribution in [2.24, 2.45) is 5.92 Å². The van der Waals surface area contributed by atoms with E-state index in [1.54, 1.807) is 12.1 Å². The lowest BCUT2D eigenvalue weighted by molar-refractivity contribution is -0.137. The molecule has 1 N–H and O–H groups in total. The smallest absolute Gasteiger partial charge is 0.251 e. The van der Waals surface area contributed by atoms with E-state index in [1.165, 1.54) is 0 Å². The molecule has 0 bridgehead atoms. The number of hydrogen-bond donors (Lipinski definition) is 1. The largest absolute Gasteiger partial charge is 0.363 e. The van der Waals surface area contributed by atoms with E-state index in [9.17, 15) is 9.59 Å². The van der Waals surface area contributed by atoms with Crippen molar-refractivity contribution in [2.45, 2.75) is 44.7 Å². The number of rotatable bonds is 4. The number of benzene rings is 2. The summed E-state index contributed by atoms with van der Waals surface area (Å²) in [5.41, 5.74) is 1.57. The quantitative estimate of drug-likeness (QED) is 0.769. The lowest BCUT2D eigenvalue weighted by atomic mass is 9.94. The monoisotopic (exact) mass is 439 g/mol. The van der Waals surface area contributed by atoms with Crippen molar-refractivity contribution in [1.29, 1.82) is 0 Å². The van der Waals surface area contributed by atoms with Crippen LogP contribution in [-0.4, -0.2) is 47.9 Å². The highest BCUT2D eigenvalue weighted by atomic mass is 35.5. The van der Waals surface area contributed by atoms with E-state index in [-0.39, 0.29) is 29.3 Å². The molecule has 4 rings (SSSR count). The van der Waals surface area contributed by atoms with Gasteiger partial charge < -0.3 is 15.1 Å². The summed E-state index contributed by atoms with van der Waals surface area (Å²) in [5, 5.41) is 3.84. The van der Waals surface area contributed by atoms with E-state index in [1.807, 2.05) is 47.4 Å². The van der Waals surface area contributed by atoms with Gasteiger partial charge >= 0.3 is 0 Å². The van der Waals surface area contributed by atoms with Crippen LogP contribution in [0.1, 0.15) is 43.5 Å². The van der Waals surface area contributed by atoms with Gasteiger partial charge in [0, 0.05) is 41.9 Å². The van der Waals surface area contributed by atoms with Gasteiger partial charge in [-0.1, -0.05) is 36.2 Å². The predicted octanol–water partition coefficient (Wildman–Crippen LogP) is 4.37. The lowest BCUT2D eigenvalue weighted by Crippen LogP contribution is -2.62. The average Bonchev–Trinajstić information content (AvgIpc) is 3.22. The number of amides is 2. The third-order valence-corrected chi connectivity index (χ3v) is 6.79. The number of carbonyl (C=O) groups is 2. The number of nitrogens with zero attached hydrogens (tertiary/aromatic N) is 2. The number of halogens is 1. The maximum atomic E-state index is 13.4. The Bertz CT molecular complexity index is 930. The summed E-state index contributed by atoms with van der Waals surface area (Å²) in [6.07, 6.45) is 2.64. The second-order valence-corrected chi connectivity index (χ2v) is 9.62. The van der Waals surface area contributed by atoms with Gasteiger partial charge in [0.1, 0.15) is 0 Å². The number of nitrogens with one attached hydrogen (secondary N) is 1. The van der Waals surface area contributed by atoms with Crippen molar-refractivity contribution in [2.75, 3.05) is 24.5 Å². The molecule has 2 amide bonds. The molecule has 1 saturated carbocycles. The van der Waals surface area contributed by atoms with Crippen molar-refractivity contribution in [3.05, 3.63) is 65.2 Å². The molecule has 1 heterocycles. The summed E-state index contributed by atoms with van der Waals surface area (Å²) < 4.78 is 0. The maximum Gasteiger partial charge on any atom is 0.251 e. The molecule has 1 aliphatic carbocycles. The first-order valence-electron chi connectivity index (χ1n) is 11.0. The van der Waals surface area contributed by atoms with Gasteiger partial charge in [0.05, 0.1) is 11.5 Å². The first-order valence-corrected chi connectivity index (χ1v) is 11.4. The summed E-state index contributed by atoms with van der Waals surface area (Å²) >= 11 is 6.05. The fourth-order valence-corrected chi connectivity index (χ4v) is 5.07. The van der Waals surface area contributed by atoms with Crippen LogP contribution in [0, 0.1) is 5.92 Å². The van der Waals surface area contributed by atoms with Gasteiger partial charge in [-0.05, 0) is 63.1 Å². The second kappa shape index (κ2) is 8.91. The molecular weight excluding hydrogens is 410 g/mol. The summed E-state index contributed by atoms with van der Waals surface area (Å²) in [6, 6.07) is 17.0. The van der Waals surface area contributed by atoms with Gasteiger partial charge in [-0.3, -0.25) is 9.59 Å². The molecule has 5 nitrogen and oxygen atoms in total. The second-order valence-electron chi connectivity index (χ2n) is 9.18. The zero-order chi connectivity index (χ0) is 22.0. The Kier molecular flexibility index (Phi) is 6.24. The third kappa shape index (κ3) is 4.72. The predicted molar refractivity (Wildman–Crippen MR) is 124 cm³/mol. The Morgan fingerprint density at radius 1 is 1.00 bits per heavy atom. The van der Waals surface area contributed by atoms with Crippen molar-refractivity contribution >= 4 is 29.1 Å². The highest BCUT2D eigenvalue weighted by Gasteiger charge is 2.41. The van der Waals surface area contributed by atoms with Crippen LogP contribution in [0.2, 0.25) is 5.02 Å². The standard InChI is InChI=1S/C25H30ClN3O2/c1-25(2)17-28(15-16-29(25)20-13-11-19(26)12-14-20)24(31)21-9-6-10-22(21)27-23(30)18-7-4-3-5-8-18/h3-5,7-8,11-14,21-22H,6,9-10,15-17H2,1-2H3,(H,27,30)/t21-,22+/m1/s1. The van der Waals surface area contributed by atoms with Crippen LogP contribution in [0.3, 0.4) is 0 Å². The van der Waals surface area contributed by atoms with Crippen molar-refractivity contribution in [1.82, 2.24) is 10.2 Å². The Morgan fingerprint density at radius 2 is 1.71 bits per heavy atom. The van der Waals surface area contributed by atoms with Crippen LogP contribution >= 0.6 is 11.6 Å². The maximum absolute atomic E-state index is 13.4. The molecule has 2 aromatic carbocycles. The average molecular weight is 440 g/mol. The van der Waals surface area contributed by atoms with E-state index in [2.05, 4.69) is 24.1 Å². The van der Waals surface area contributed by atoms with E-state index in [4.69, 9.17) is 11.6 Å². The highest BCUT2D eigenvalue weighted by Crippen LogP contribution is 2.32. The molecule has 0 radical (unpaired) electrons. The Morgan fingerprint density at radius 3 is 2.39 bits per heavy atom. The molecule has 0 aromatic heterocycles. The van der Waals surface area contributed by atoms with Gasteiger partial charge in [-0.15, -0.1) is 0 Å². The highest BCUT2D eigenvalue weighted by molar-refractivity contribution is 6.30. The van der Waals surface area contributed by atoms with E-state index >= 15 is 0 Å². The molecule has 2 atom stereocenters. The Labute approximate surface area is 189 Å². The molecular formula is C25H30ClN3O2. The normalized spacial score (nSPS) is 22.9. The SMILES string of the molecule is CC1(C)CN(C(=O)[C@@H]2CCC[C@@H]2NC(=O)c2ccccc2)CCN1c1ccc(Cl)cc1. The topological polar surface area (TPSA) is 52.7 Å². The molecule has 1 saturated heterocycles. The fourth-order valence-electron chi connectivity index (χ4n) is 4.95. The Balaban J connectivity index is 1.42. The van der Waals surface area contributed by atoms with Crippen LogP contribution in [0.25, 0.3) is 0 Å². The molecule has 1 aliphatic heterocycles. The molecule has 0 spiro atoms. The van der Waals surface area contributed by atoms with Crippen molar-refractivity contribution < 1.29 is 9.59 Å². The van der Waals surface area contributed by atoms with E-state index < -0.39 is 0 Å². The van der Waals surface area contributed by atoms with E-state index in [0.29, 0.717) is 18.7 Å². The molecule has 2 aliphatic rings. The van der Waals surface area contributed by atoms with Crippen LogP contribution in [0.4, 0.5) is 5.69 Å². The number of hydrogen-bond acceptors (Lipinski definition) is 3. The van der Waals surface area contributed by atoms with Gasteiger partial charge in [-0.25, -0.2) is 0 Å². The molecule has 2 fully saturated rings. The zero-order valence-corrected chi connectivity index (χ0v) is 18.9. The van der Waals surface area contributed by atoms with Gasteiger partial charge in [0.25, 0.3) is 5.91 Å². The van der Waals surface area contributed by atoms with Gasteiger partial charge in [0.15, 0.2) is 0 Å². The van der Waals surface area contributed by atoms with Gasteiger partial charge in [-0.2, -0.15) is 0 Å². The van der Waals surface area contributed by atoms with Gasteiger partial charge in [0.2, 0.25) is 5.91 Å². The Hall–Kier alpha value is -2.53. The third-order valence-electron chi connectivity index (χ3n) is 6.54. The number of piperazine rings is 1. The summed E-state index contributed by atoms with van der Waals surface area (Å²) in [6.45, 7) is 6.45. The molecule has 0 unspecified atom stereocenters. The van der Waals surface area contributed by atoms with E-state index in [0.717, 1.165) is 36.5 Å². The summed E-state index contributed by atoms with van der Waals surface area (Å²) in [7, 11) is 0. The minimum absolute atomic E-state index is 0.0989. The minimum atomic E-state index is -0.191. The van der Waals surface area contributed by atoms with Crippen LogP contribution in [0.15, 0.2) is 54.6 Å². The first kappa shape index (κ1) is 21.7. The molecule has 2 aromatic rings. The zero-order valence-electron chi connectivity index (χ0n) is 18.2. The molecule has 164 valence electrons. The summed E-state index contributed by atoms with van der Waals surface area (Å²) in [4.78, 5) is 30.4. The van der Waals surface area contributed by atoms with Crippen molar-refractivity contribution in [3.63, 3.8) is 0 Å². The minimum Gasteiger partial charge on any atom is -0.363 e. The van der Waals surface area contributed by atoms with Crippen LogP contribution < -0.4 is 10.2 Å². The lowest BCUT2D eigenvalue weighted by Gasteiger charge is -2.49. The van der Waals surface area contributed by atoms with Crippen molar-refractivity contribution in [3.8, 4) is 0 Å². The molecule has 6 heteroatoms. The van der Waals surface area contributed by atoms with Crippen LogP contribution in [-0.2, 0) is 4.79 Å². The fraction of sp³-hybridized carbons (Fsp3) is 0.440. The summed E-state index contributed by atoms with van der Waals surface area (Å²) in [5.74, 6) is -0.0802. The number of carbonyl (C=O) groups excluding carboxylic acids is 2. The number of anilines is 1. The van der Waals surface area contributed by atoms with Crippen LogP contribution in [0.5, 0.6) is 0 Å². The first-order chi connectivity index (χ1) is 14.8. The molecule has 31 heavy (non-hydrogen) atoms.